The van der Waals surface area contributed by atoms with Crippen molar-refractivity contribution in [3.05, 3.63) is 34.9 Å². The van der Waals surface area contributed by atoms with Crippen molar-refractivity contribution in [2.75, 3.05) is 26.2 Å². The van der Waals surface area contributed by atoms with Gasteiger partial charge in [-0.25, -0.2) is 0 Å². The van der Waals surface area contributed by atoms with Gasteiger partial charge in [0.05, 0.1) is 0 Å². The Hall–Kier alpha value is -1.63. The van der Waals surface area contributed by atoms with E-state index in [9.17, 15) is 9.59 Å². The normalized spacial score (nSPS) is 24.2. The Balaban J connectivity index is 1.60. The largest absolute Gasteiger partial charge is 0.342 e. The number of unbranched alkanes of at least 4 members (excludes halogenated alkanes) is 1. The first kappa shape index (κ1) is 18.2. The number of rotatable bonds is 6. The SMILES string of the molecule is NCCCC[C@@H]1NC(=O)[C@H]2CN(Cc3cccc(Cl)c3)CCN2C1=O. The highest BCUT2D eigenvalue weighted by Gasteiger charge is 2.42. The maximum absolute atomic E-state index is 12.7. The van der Waals surface area contributed by atoms with Crippen molar-refractivity contribution in [3.63, 3.8) is 0 Å². The topological polar surface area (TPSA) is 78.7 Å². The van der Waals surface area contributed by atoms with Crippen LogP contribution in [-0.2, 0) is 16.1 Å². The van der Waals surface area contributed by atoms with E-state index < -0.39 is 12.1 Å². The highest BCUT2D eigenvalue weighted by Crippen LogP contribution is 2.20. The summed E-state index contributed by atoms with van der Waals surface area (Å²) in [6.45, 7) is 3.24. The first-order valence-electron chi connectivity index (χ1n) is 8.86. The Morgan fingerprint density at radius 3 is 2.84 bits per heavy atom. The molecule has 0 saturated carbocycles. The molecule has 0 aliphatic carbocycles. The summed E-state index contributed by atoms with van der Waals surface area (Å²) in [5.74, 6) is -0.00262. The molecule has 7 heteroatoms. The van der Waals surface area contributed by atoms with Crippen molar-refractivity contribution >= 4 is 23.4 Å². The fourth-order valence-corrected chi connectivity index (χ4v) is 3.80. The molecule has 2 amide bonds. The van der Waals surface area contributed by atoms with E-state index in [-0.39, 0.29) is 11.8 Å². The average Bonchev–Trinajstić information content (AvgIpc) is 2.59. The van der Waals surface area contributed by atoms with Gasteiger partial charge in [0.15, 0.2) is 0 Å². The number of nitrogens with zero attached hydrogens (tertiary/aromatic N) is 2. The third-order valence-corrected chi connectivity index (χ3v) is 5.14. The molecular weight excluding hydrogens is 340 g/mol. The summed E-state index contributed by atoms with van der Waals surface area (Å²) in [6.07, 6.45) is 2.39. The number of piperazine rings is 2. The quantitative estimate of drug-likeness (QED) is 0.737. The Morgan fingerprint density at radius 2 is 2.08 bits per heavy atom. The molecule has 2 heterocycles. The van der Waals surface area contributed by atoms with Crippen LogP contribution in [0.25, 0.3) is 0 Å². The number of halogens is 1. The second-order valence-electron chi connectivity index (χ2n) is 6.76. The van der Waals surface area contributed by atoms with Gasteiger partial charge in [-0.2, -0.15) is 0 Å². The van der Waals surface area contributed by atoms with Crippen LogP contribution in [0.1, 0.15) is 24.8 Å². The lowest BCUT2D eigenvalue weighted by molar-refractivity contribution is -0.153. The molecule has 25 heavy (non-hydrogen) atoms. The third kappa shape index (κ3) is 4.32. The van der Waals surface area contributed by atoms with Crippen LogP contribution in [0, 0.1) is 0 Å². The van der Waals surface area contributed by atoms with E-state index in [0.29, 0.717) is 31.1 Å². The zero-order chi connectivity index (χ0) is 17.8. The zero-order valence-corrected chi connectivity index (χ0v) is 15.0. The van der Waals surface area contributed by atoms with Crippen LogP contribution < -0.4 is 11.1 Å². The van der Waals surface area contributed by atoms with Gasteiger partial charge in [-0.05, 0) is 43.5 Å². The molecule has 2 aliphatic heterocycles. The van der Waals surface area contributed by atoms with E-state index in [1.807, 2.05) is 24.3 Å². The van der Waals surface area contributed by atoms with Crippen molar-refractivity contribution in [2.24, 2.45) is 5.73 Å². The molecule has 136 valence electrons. The van der Waals surface area contributed by atoms with E-state index in [4.69, 9.17) is 17.3 Å². The molecule has 3 N–H and O–H groups in total. The van der Waals surface area contributed by atoms with Crippen LogP contribution in [0.15, 0.2) is 24.3 Å². The summed E-state index contributed by atoms with van der Waals surface area (Å²) < 4.78 is 0. The molecule has 0 aromatic heterocycles. The Labute approximate surface area is 153 Å². The first-order valence-corrected chi connectivity index (χ1v) is 9.24. The second kappa shape index (κ2) is 8.17. The lowest BCUT2D eigenvalue weighted by Crippen LogP contribution is -2.69. The monoisotopic (exact) mass is 364 g/mol. The lowest BCUT2D eigenvalue weighted by Gasteiger charge is -2.45. The molecular formula is C18H25ClN4O2. The Kier molecular flexibility index (Phi) is 5.93. The maximum atomic E-state index is 12.7. The number of carbonyl (C=O) groups excluding carboxylic acids is 2. The summed E-state index contributed by atoms with van der Waals surface area (Å²) in [4.78, 5) is 29.1. The molecule has 2 saturated heterocycles. The highest BCUT2D eigenvalue weighted by molar-refractivity contribution is 6.30. The summed E-state index contributed by atoms with van der Waals surface area (Å²) in [7, 11) is 0. The number of hydrogen-bond donors (Lipinski definition) is 2. The van der Waals surface area contributed by atoms with Crippen LogP contribution in [-0.4, -0.2) is 59.9 Å². The molecule has 2 aliphatic rings. The van der Waals surface area contributed by atoms with Gasteiger partial charge in [0.1, 0.15) is 12.1 Å². The molecule has 2 fully saturated rings. The third-order valence-electron chi connectivity index (χ3n) is 4.91. The fraction of sp³-hybridized carbons (Fsp3) is 0.556. The minimum absolute atomic E-state index is 0.0454. The Bertz CT molecular complexity index is 639. The summed E-state index contributed by atoms with van der Waals surface area (Å²) in [5.41, 5.74) is 6.62. The number of hydrogen-bond acceptors (Lipinski definition) is 4. The molecule has 1 aromatic rings. The van der Waals surface area contributed by atoms with Crippen molar-refractivity contribution in [2.45, 2.75) is 37.9 Å². The number of fused-ring (bicyclic) bond motifs is 1. The standard InChI is InChI=1S/C18H25ClN4O2/c19-14-5-3-4-13(10-14)11-22-8-9-23-16(12-22)17(24)21-15(18(23)25)6-1-2-7-20/h3-5,10,15-16H,1-2,6-9,11-12,20H2,(H,21,24)/t15-,16+/m0/s1. The summed E-state index contributed by atoms with van der Waals surface area (Å²) in [6, 6.07) is 6.95. The van der Waals surface area contributed by atoms with Crippen LogP contribution >= 0.6 is 11.6 Å². The van der Waals surface area contributed by atoms with Gasteiger partial charge in [-0.15, -0.1) is 0 Å². The van der Waals surface area contributed by atoms with Gasteiger partial charge in [-0.3, -0.25) is 14.5 Å². The van der Waals surface area contributed by atoms with Gasteiger partial charge < -0.3 is 16.0 Å². The zero-order valence-electron chi connectivity index (χ0n) is 14.3. The molecule has 2 atom stereocenters. The minimum Gasteiger partial charge on any atom is -0.342 e. The number of amides is 2. The number of benzene rings is 1. The van der Waals surface area contributed by atoms with Crippen molar-refractivity contribution in [3.8, 4) is 0 Å². The molecule has 0 radical (unpaired) electrons. The molecule has 0 bridgehead atoms. The number of nitrogens with one attached hydrogen (secondary N) is 1. The van der Waals surface area contributed by atoms with Crippen LogP contribution in [0.4, 0.5) is 0 Å². The van der Waals surface area contributed by atoms with Gasteiger partial charge in [0.25, 0.3) is 0 Å². The van der Waals surface area contributed by atoms with E-state index in [2.05, 4.69) is 10.2 Å². The lowest BCUT2D eigenvalue weighted by atomic mass is 10.00. The fourth-order valence-electron chi connectivity index (χ4n) is 3.58. The smallest absolute Gasteiger partial charge is 0.245 e. The molecule has 0 spiro atoms. The van der Waals surface area contributed by atoms with Crippen LogP contribution in [0.2, 0.25) is 5.02 Å². The molecule has 1 aromatic carbocycles. The predicted octanol–water partition coefficient (Wildman–Crippen LogP) is 0.980. The van der Waals surface area contributed by atoms with E-state index in [1.165, 1.54) is 0 Å². The molecule has 3 rings (SSSR count). The van der Waals surface area contributed by atoms with E-state index in [0.717, 1.165) is 31.5 Å². The molecule has 6 nitrogen and oxygen atoms in total. The highest BCUT2D eigenvalue weighted by atomic mass is 35.5. The van der Waals surface area contributed by atoms with Crippen LogP contribution in [0.5, 0.6) is 0 Å². The Morgan fingerprint density at radius 1 is 1.24 bits per heavy atom. The van der Waals surface area contributed by atoms with Crippen molar-refractivity contribution < 1.29 is 9.59 Å². The van der Waals surface area contributed by atoms with Gasteiger partial charge in [0, 0.05) is 31.2 Å². The van der Waals surface area contributed by atoms with E-state index in [1.54, 1.807) is 4.90 Å². The summed E-state index contributed by atoms with van der Waals surface area (Å²) in [5, 5.41) is 3.61. The van der Waals surface area contributed by atoms with Crippen LogP contribution in [0.3, 0.4) is 0 Å². The molecule has 0 unspecified atom stereocenters. The van der Waals surface area contributed by atoms with Crippen molar-refractivity contribution in [1.29, 1.82) is 0 Å². The first-order chi connectivity index (χ1) is 12.1. The second-order valence-corrected chi connectivity index (χ2v) is 7.19. The number of carbonyl (C=O) groups is 2. The van der Waals surface area contributed by atoms with E-state index >= 15 is 0 Å². The number of nitrogens with two attached hydrogens (primary N) is 1. The minimum atomic E-state index is -0.397. The van der Waals surface area contributed by atoms with Gasteiger partial charge >= 0.3 is 0 Å². The average molecular weight is 365 g/mol. The van der Waals surface area contributed by atoms with Crippen molar-refractivity contribution in [1.82, 2.24) is 15.1 Å². The summed E-state index contributed by atoms with van der Waals surface area (Å²) >= 11 is 6.04. The maximum Gasteiger partial charge on any atom is 0.245 e. The predicted molar refractivity (Wildman–Crippen MR) is 97.1 cm³/mol. The van der Waals surface area contributed by atoms with Gasteiger partial charge in [0.2, 0.25) is 11.8 Å². The van der Waals surface area contributed by atoms with Gasteiger partial charge in [-0.1, -0.05) is 23.7 Å².